The number of para-hydroxylation sites is 2. The summed E-state index contributed by atoms with van der Waals surface area (Å²) in [5.41, 5.74) is 10.7. The molecule has 4 heteroatoms. The number of allylic oxidation sites excluding steroid dienone is 5. The minimum atomic E-state index is 0.146. The van der Waals surface area contributed by atoms with Crippen molar-refractivity contribution in [1.82, 2.24) is 9.47 Å². The Labute approximate surface area is 326 Å². The van der Waals surface area contributed by atoms with E-state index in [1.54, 1.807) is 16.6 Å². The summed E-state index contributed by atoms with van der Waals surface area (Å²) in [7, 11) is 0. The summed E-state index contributed by atoms with van der Waals surface area (Å²) in [6.45, 7) is 4.89. The van der Waals surface area contributed by atoms with Crippen LogP contribution in [0.25, 0.3) is 21.8 Å². The second-order valence-electron chi connectivity index (χ2n) is 16.2. The predicted molar refractivity (Wildman–Crippen MR) is 230 cm³/mol. The van der Waals surface area contributed by atoms with E-state index in [9.17, 15) is 0 Å². The number of aromatic nitrogens is 1. The number of hydrogen-bond donors (Lipinski definition) is 0. The number of unbranched alkanes of at least 4 members (excludes halogenated alkanes) is 6. The monoisotopic (exact) mass is 758 g/mol. The number of nitrogens with zero attached hydrogens (tertiary/aromatic N) is 2. The molecule has 268 valence electrons. The van der Waals surface area contributed by atoms with E-state index in [2.05, 4.69) is 147 Å². The summed E-state index contributed by atoms with van der Waals surface area (Å²) in [6.07, 6.45) is 31.5. The molecule has 0 fully saturated rings. The van der Waals surface area contributed by atoms with Crippen molar-refractivity contribution in [2.24, 2.45) is 5.92 Å². The van der Waals surface area contributed by atoms with Crippen LogP contribution in [0.3, 0.4) is 0 Å². The maximum atomic E-state index is 3.91. The molecule has 4 atom stereocenters. The van der Waals surface area contributed by atoms with Gasteiger partial charge in [0.15, 0.2) is 0 Å². The van der Waals surface area contributed by atoms with Gasteiger partial charge in [-0.3, -0.25) is 0 Å². The molecule has 4 aromatic rings. The normalized spacial score (nSPS) is 23.7. The maximum absolute atomic E-state index is 3.91. The quantitative estimate of drug-likeness (QED) is 0.0538. The molecular formula is C49H52BBrN2. The molecule has 0 radical (unpaired) electrons. The SMILES string of the molecule is Brc1ccc2c(c1)C(CCCCCCN1C3=C(CCC#C3)C3C=CC=CC31)(CCCCCCn1c3ccccc3c3ccccc31)C1=BC2C=CCC1. The van der Waals surface area contributed by atoms with E-state index in [0.29, 0.717) is 17.8 Å². The molecule has 0 saturated heterocycles. The number of hydrogen-bond acceptors (Lipinski definition) is 1. The third kappa shape index (κ3) is 6.67. The summed E-state index contributed by atoms with van der Waals surface area (Å²) in [6, 6.07) is 25.6. The van der Waals surface area contributed by atoms with Gasteiger partial charge in [-0.1, -0.05) is 18.2 Å². The first-order valence-electron chi connectivity index (χ1n) is 20.7. The molecule has 3 aromatic carbocycles. The van der Waals surface area contributed by atoms with Gasteiger partial charge < -0.3 is 0 Å². The van der Waals surface area contributed by atoms with Gasteiger partial charge >= 0.3 is 303 Å². The van der Waals surface area contributed by atoms with Gasteiger partial charge in [-0.15, -0.1) is 0 Å². The molecule has 2 nitrogen and oxygen atoms in total. The summed E-state index contributed by atoms with van der Waals surface area (Å²) in [5.74, 6) is 7.93. The zero-order valence-electron chi connectivity index (χ0n) is 31.2. The van der Waals surface area contributed by atoms with Gasteiger partial charge in [0, 0.05) is 6.42 Å². The molecule has 9 rings (SSSR count). The van der Waals surface area contributed by atoms with Crippen LogP contribution >= 0.6 is 15.9 Å². The molecule has 2 bridgehead atoms. The second kappa shape index (κ2) is 15.5. The fourth-order valence-corrected chi connectivity index (χ4v) is 11.0. The summed E-state index contributed by atoms with van der Waals surface area (Å²) in [5, 5.41) is 2.76. The van der Waals surface area contributed by atoms with Crippen molar-refractivity contribution in [3.8, 4) is 11.8 Å². The van der Waals surface area contributed by atoms with Gasteiger partial charge in [0.2, 0.25) is 0 Å². The Kier molecular flexibility index (Phi) is 10.2. The van der Waals surface area contributed by atoms with Crippen LogP contribution < -0.4 is 0 Å². The minimum absolute atomic E-state index is 0.146. The van der Waals surface area contributed by atoms with E-state index in [4.69, 9.17) is 0 Å². The molecular weight excluding hydrogens is 707 g/mol. The molecule has 2 aliphatic carbocycles. The fourth-order valence-electron chi connectivity index (χ4n) is 10.7. The van der Waals surface area contributed by atoms with E-state index < -0.39 is 0 Å². The molecule has 0 amide bonds. The van der Waals surface area contributed by atoms with Crippen molar-refractivity contribution in [2.45, 2.75) is 114 Å². The van der Waals surface area contributed by atoms with Crippen LogP contribution in [0.1, 0.15) is 107 Å². The van der Waals surface area contributed by atoms with Gasteiger partial charge in [0.05, 0.1) is 0 Å². The molecule has 0 saturated carbocycles. The number of benzene rings is 3. The van der Waals surface area contributed by atoms with Crippen LogP contribution in [-0.2, 0) is 12.0 Å². The zero-order valence-corrected chi connectivity index (χ0v) is 32.8. The van der Waals surface area contributed by atoms with Gasteiger partial charge in [0.1, 0.15) is 0 Å². The van der Waals surface area contributed by atoms with Crippen molar-refractivity contribution >= 4 is 50.1 Å². The van der Waals surface area contributed by atoms with Crippen LogP contribution in [0, 0.1) is 17.8 Å². The molecule has 0 spiro atoms. The predicted octanol–water partition coefficient (Wildman–Crippen LogP) is 12.2. The fraction of sp³-hybridized carbons (Fsp3) is 0.408. The number of rotatable bonds is 14. The second-order valence-corrected chi connectivity index (χ2v) is 17.1. The topological polar surface area (TPSA) is 8.17 Å². The summed E-state index contributed by atoms with van der Waals surface area (Å²) >= 11 is 3.91. The van der Waals surface area contributed by atoms with Crippen molar-refractivity contribution < 1.29 is 0 Å². The van der Waals surface area contributed by atoms with Crippen molar-refractivity contribution in [3.63, 3.8) is 0 Å². The number of fused-ring (bicyclic) bond motifs is 8. The standard InChI is InChI=1S/C49H52BBrN2/c51-36-29-30-41-42(35-36)49(48-28-14-9-23-43(41)50-48,31-15-1-3-17-33-52-44-24-10-5-19-37(44)38-20-6-11-25-45(38)52)32-16-2-4-18-34-53-46-26-12-7-21-39(46)40-22-8-13-27-47(40)53/h5-7,9-12,19-21,23-26,29-30,35,39,43,46H,1-4,8,14-18,22,28,31-34H2. The third-order valence-electron chi connectivity index (χ3n) is 13.2. The summed E-state index contributed by atoms with van der Waals surface area (Å²) in [4.78, 5) is 2.65. The Balaban J connectivity index is 0.860. The third-order valence-corrected chi connectivity index (χ3v) is 13.7. The first kappa shape index (κ1) is 34.9. The molecule has 5 aliphatic rings. The van der Waals surface area contributed by atoms with E-state index in [1.165, 1.54) is 115 Å². The van der Waals surface area contributed by atoms with Crippen molar-refractivity contribution in [3.05, 3.63) is 130 Å². The van der Waals surface area contributed by atoms with Crippen molar-refractivity contribution in [1.29, 1.82) is 0 Å². The van der Waals surface area contributed by atoms with Crippen LogP contribution in [-0.4, -0.2) is 34.4 Å². The molecule has 1 aromatic heterocycles. The van der Waals surface area contributed by atoms with E-state index in [1.807, 2.05) is 0 Å². The average Bonchev–Trinajstić information content (AvgIpc) is 3.58. The Morgan fingerprint density at radius 1 is 0.755 bits per heavy atom. The number of aryl methyl sites for hydroxylation is 1. The Hall–Kier alpha value is -3.81. The van der Waals surface area contributed by atoms with Crippen molar-refractivity contribution in [2.75, 3.05) is 6.54 Å². The van der Waals surface area contributed by atoms with Crippen LogP contribution in [0.15, 0.2) is 119 Å². The first-order chi connectivity index (χ1) is 26.2. The van der Waals surface area contributed by atoms with Crippen LogP contribution in [0.4, 0.5) is 0 Å². The Bertz CT molecular complexity index is 2170. The molecule has 53 heavy (non-hydrogen) atoms. The van der Waals surface area contributed by atoms with Gasteiger partial charge in [-0.2, -0.15) is 0 Å². The summed E-state index contributed by atoms with van der Waals surface area (Å²) < 4.78 is 3.79. The average molecular weight is 760 g/mol. The van der Waals surface area contributed by atoms with Gasteiger partial charge in [0.25, 0.3) is 0 Å². The number of halogens is 1. The Morgan fingerprint density at radius 3 is 2.26 bits per heavy atom. The first-order valence-corrected chi connectivity index (χ1v) is 21.5. The van der Waals surface area contributed by atoms with Gasteiger partial charge in [-0.25, -0.2) is 0 Å². The molecule has 4 unspecified atom stereocenters. The van der Waals surface area contributed by atoms with Crippen LogP contribution in [0.5, 0.6) is 0 Å². The van der Waals surface area contributed by atoms with Crippen LogP contribution in [0.2, 0.25) is 0 Å². The van der Waals surface area contributed by atoms with E-state index in [0.717, 1.165) is 25.9 Å². The molecule has 3 aliphatic heterocycles. The molecule has 4 heterocycles. The zero-order chi connectivity index (χ0) is 35.6. The Morgan fingerprint density at radius 2 is 1.47 bits per heavy atom. The van der Waals surface area contributed by atoms with E-state index >= 15 is 0 Å². The molecule has 0 N–H and O–H groups in total. The van der Waals surface area contributed by atoms with Gasteiger partial charge in [-0.05, 0) is 0 Å². The van der Waals surface area contributed by atoms with E-state index in [-0.39, 0.29) is 5.41 Å².